The highest BCUT2D eigenvalue weighted by Crippen LogP contribution is 2.36. The monoisotopic (exact) mass is 409 g/mol. The summed E-state index contributed by atoms with van der Waals surface area (Å²) in [6.07, 6.45) is 0.322. The van der Waals surface area contributed by atoms with Gasteiger partial charge in [-0.05, 0) is 42.0 Å². The van der Waals surface area contributed by atoms with Crippen LogP contribution in [0.1, 0.15) is 15.9 Å². The molecule has 1 amide bonds. The molecule has 2 aliphatic rings. The number of nitrogens with zero attached hydrogens (tertiary/aromatic N) is 3. The third-order valence-corrected chi connectivity index (χ3v) is 5.65. The van der Waals surface area contributed by atoms with Gasteiger partial charge in [0.05, 0.1) is 12.2 Å². The van der Waals surface area contributed by atoms with E-state index in [9.17, 15) is 9.59 Å². The van der Waals surface area contributed by atoms with Crippen LogP contribution >= 0.6 is 11.8 Å². The van der Waals surface area contributed by atoms with Gasteiger partial charge in [-0.2, -0.15) is 0 Å². The van der Waals surface area contributed by atoms with Gasteiger partial charge < -0.3 is 18.8 Å². The molecule has 0 atom stereocenters. The molecule has 3 heterocycles. The Morgan fingerprint density at radius 3 is 2.90 bits per heavy atom. The molecule has 0 fully saturated rings. The topological polar surface area (TPSA) is 94.8 Å². The van der Waals surface area contributed by atoms with Crippen LogP contribution in [0.2, 0.25) is 0 Å². The summed E-state index contributed by atoms with van der Waals surface area (Å²) in [5.41, 5.74) is 3.00. The van der Waals surface area contributed by atoms with Crippen LogP contribution in [0.15, 0.2) is 46.0 Å². The van der Waals surface area contributed by atoms with Gasteiger partial charge in [-0.15, -0.1) is 10.2 Å². The summed E-state index contributed by atoms with van der Waals surface area (Å²) in [4.78, 5) is 26.0. The fraction of sp³-hybridized carbons (Fsp3) is 0.200. The minimum Gasteiger partial charge on any atom is -0.454 e. The maximum atomic E-state index is 12.5. The van der Waals surface area contributed by atoms with Crippen LogP contribution in [0, 0.1) is 0 Å². The van der Waals surface area contributed by atoms with Crippen LogP contribution in [-0.2, 0) is 11.2 Å². The van der Waals surface area contributed by atoms with Gasteiger partial charge in [0.1, 0.15) is 0 Å². The van der Waals surface area contributed by atoms with Gasteiger partial charge >= 0.3 is 0 Å². The van der Waals surface area contributed by atoms with Gasteiger partial charge in [-0.3, -0.25) is 9.59 Å². The first-order valence-electron chi connectivity index (χ1n) is 8.87. The fourth-order valence-electron chi connectivity index (χ4n) is 3.27. The molecule has 1 aromatic heterocycles. The van der Waals surface area contributed by atoms with Crippen molar-refractivity contribution < 1.29 is 23.5 Å². The predicted molar refractivity (Wildman–Crippen MR) is 104 cm³/mol. The van der Waals surface area contributed by atoms with Crippen LogP contribution in [-0.4, -0.2) is 41.5 Å². The summed E-state index contributed by atoms with van der Waals surface area (Å²) in [7, 11) is 1.73. The maximum absolute atomic E-state index is 12.5. The highest BCUT2D eigenvalue weighted by molar-refractivity contribution is 7.99. The van der Waals surface area contributed by atoms with Gasteiger partial charge in [0, 0.05) is 23.9 Å². The minimum absolute atomic E-state index is 0.0286. The number of rotatable bonds is 5. The average Bonchev–Trinajstić information content (AvgIpc) is 3.45. The zero-order valence-electron chi connectivity index (χ0n) is 15.4. The van der Waals surface area contributed by atoms with Crippen molar-refractivity contribution in [3.8, 4) is 23.0 Å². The first-order chi connectivity index (χ1) is 14.1. The molecule has 0 unspecified atom stereocenters. The number of hydrogen-bond acceptors (Lipinski definition) is 8. The summed E-state index contributed by atoms with van der Waals surface area (Å²) >= 11 is 1.18. The molecule has 2 aromatic carbocycles. The van der Waals surface area contributed by atoms with E-state index in [2.05, 4.69) is 10.2 Å². The second-order valence-corrected chi connectivity index (χ2v) is 7.55. The summed E-state index contributed by atoms with van der Waals surface area (Å²) in [5.74, 6) is 1.77. The number of anilines is 1. The standard InChI is InChI=1S/C20H15N3O5S/c1-23-14-4-2-11(6-13(14)8-18(23)25)15(24)9-29-20-22-21-19(28-20)12-3-5-16-17(7-12)27-10-26-16/h2-7H,8-10H2,1H3. The van der Waals surface area contributed by atoms with Crippen molar-refractivity contribution in [2.45, 2.75) is 11.6 Å². The summed E-state index contributed by atoms with van der Waals surface area (Å²) in [6, 6.07) is 10.7. The Morgan fingerprint density at radius 2 is 2.00 bits per heavy atom. The van der Waals surface area contributed by atoms with Crippen molar-refractivity contribution >= 4 is 29.1 Å². The Labute approximate surface area is 169 Å². The summed E-state index contributed by atoms with van der Waals surface area (Å²) < 4.78 is 16.3. The van der Waals surface area contributed by atoms with E-state index in [0.29, 0.717) is 40.2 Å². The average molecular weight is 409 g/mol. The maximum Gasteiger partial charge on any atom is 0.277 e. The van der Waals surface area contributed by atoms with Crippen molar-refractivity contribution in [3.05, 3.63) is 47.5 Å². The molecule has 0 aliphatic carbocycles. The zero-order valence-corrected chi connectivity index (χ0v) is 16.2. The molecule has 29 heavy (non-hydrogen) atoms. The molecule has 8 nitrogen and oxygen atoms in total. The Morgan fingerprint density at radius 1 is 1.14 bits per heavy atom. The number of amides is 1. The largest absolute Gasteiger partial charge is 0.454 e. The molecular formula is C20H15N3O5S. The Balaban J connectivity index is 1.26. The van der Waals surface area contributed by atoms with E-state index in [4.69, 9.17) is 13.9 Å². The number of ketones is 1. The van der Waals surface area contributed by atoms with Crippen LogP contribution in [0.25, 0.3) is 11.5 Å². The van der Waals surface area contributed by atoms with Crippen molar-refractivity contribution in [1.29, 1.82) is 0 Å². The molecule has 9 heteroatoms. The molecule has 0 saturated carbocycles. The highest BCUT2D eigenvalue weighted by Gasteiger charge is 2.25. The van der Waals surface area contributed by atoms with Crippen LogP contribution < -0.4 is 14.4 Å². The number of thioether (sulfide) groups is 1. The van der Waals surface area contributed by atoms with E-state index in [1.54, 1.807) is 36.2 Å². The van der Waals surface area contributed by atoms with Crippen LogP contribution in [0.3, 0.4) is 0 Å². The molecule has 146 valence electrons. The van der Waals surface area contributed by atoms with Crippen molar-refractivity contribution in [3.63, 3.8) is 0 Å². The predicted octanol–water partition coefficient (Wildman–Crippen LogP) is 2.96. The lowest BCUT2D eigenvalue weighted by atomic mass is 10.1. The number of ether oxygens (including phenoxy) is 2. The second-order valence-electron chi connectivity index (χ2n) is 6.63. The lowest BCUT2D eigenvalue weighted by Crippen LogP contribution is -2.20. The normalized spacial score (nSPS) is 14.4. The summed E-state index contributed by atoms with van der Waals surface area (Å²) in [5, 5.41) is 8.35. The molecule has 0 radical (unpaired) electrons. The third kappa shape index (κ3) is 3.23. The van der Waals surface area contributed by atoms with E-state index in [-0.39, 0.29) is 24.2 Å². The van der Waals surface area contributed by atoms with E-state index < -0.39 is 0 Å². The number of carbonyl (C=O) groups excluding carboxylic acids is 2. The van der Waals surface area contributed by atoms with Gasteiger partial charge in [0.25, 0.3) is 5.22 Å². The molecule has 5 rings (SSSR count). The number of hydrogen-bond donors (Lipinski definition) is 0. The van der Waals surface area contributed by atoms with E-state index in [1.807, 2.05) is 12.1 Å². The molecule has 0 bridgehead atoms. The number of Topliss-reactive ketones (excluding diaryl/α,β-unsaturated/α-hetero) is 1. The molecule has 2 aliphatic heterocycles. The Kier molecular flexibility index (Phi) is 4.24. The molecular weight excluding hydrogens is 394 g/mol. The smallest absolute Gasteiger partial charge is 0.277 e. The summed E-state index contributed by atoms with van der Waals surface area (Å²) in [6.45, 7) is 0.193. The van der Waals surface area contributed by atoms with E-state index in [1.165, 1.54) is 11.8 Å². The van der Waals surface area contributed by atoms with E-state index in [0.717, 1.165) is 11.3 Å². The highest BCUT2D eigenvalue weighted by atomic mass is 32.2. The van der Waals surface area contributed by atoms with Gasteiger partial charge in [-0.25, -0.2) is 0 Å². The number of carbonyl (C=O) groups is 2. The van der Waals surface area contributed by atoms with E-state index >= 15 is 0 Å². The van der Waals surface area contributed by atoms with Gasteiger partial charge in [0.2, 0.25) is 18.6 Å². The second kappa shape index (κ2) is 6.93. The molecule has 3 aromatic rings. The van der Waals surface area contributed by atoms with Crippen molar-refractivity contribution in [1.82, 2.24) is 10.2 Å². The molecule has 0 spiro atoms. The van der Waals surface area contributed by atoms with Crippen LogP contribution in [0.4, 0.5) is 5.69 Å². The van der Waals surface area contributed by atoms with Crippen molar-refractivity contribution in [2.75, 3.05) is 24.5 Å². The minimum atomic E-state index is -0.0670. The van der Waals surface area contributed by atoms with Crippen LogP contribution in [0.5, 0.6) is 11.5 Å². The van der Waals surface area contributed by atoms with Gasteiger partial charge in [-0.1, -0.05) is 11.8 Å². The Bertz CT molecular complexity index is 1140. The quantitative estimate of drug-likeness (QED) is 0.469. The fourth-order valence-corrected chi connectivity index (χ4v) is 3.93. The molecule has 0 N–H and O–H groups in total. The van der Waals surface area contributed by atoms with Crippen molar-refractivity contribution in [2.24, 2.45) is 0 Å². The lowest BCUT2D eigenvalue weighted by molar-refractivity contribution is -0.117. The third-order valence-electron chi connectivity index (χ3n) is 4.83. The zero-order chi connectivity index (χ0) is 20.0. The number of likely N-dealkylation sites (N-methyl/N-ethyl adjacent to an activating group) is 1. The SMILES string of the molecule is CN1C(=O)Cc2cc(C(=O)CSc3nnc(-c4ccc5c(c4)OCO5)o3)ccc21. The Hall–Kier alpha value is -3.33. The number of aromatic nitrogens is 2. The number of benzene rings is 2. The van der Waals surface area contributed by atoms with Gasteiger partial charge in [0.15, 0.2) is 17.3 Å². The lowest BCUT2D eigenvalue weighted by Gasteiger charge is -2.10. The first-order valence-corrected chi connectivity index (χ1v) is 9.86. The molecule has 0 saturated heterocycles. The number of fused-ring (bicyclic) bond motifs is 2. The first kappa shape index (κ1) is 17.7.